The first-order valence-corrected chi connectivity index (χ1v) is 7.23. The summed E-state index contributed by atoms with van der Waals surface area (Å²) < 4.78 is 6.17. The molecule has 0 aromatic carbocycles. The molecule has 16 heavy (non-hydrogen) atoms. The van der Waals surface area contributed by atoms with Crippen molar-refractivity contribution in [3.63, 3.8) is 0 Å². The molecule has 3 saturated carbocycles. The van der Waals surface area contributed by atoms with Gasteiger partial charge in [0, 0.05) is 10.7 Å². The molecule has 1 heterocycles. The minimum atomic E-state index is -0.634. The maximum atomic E-state index is 10.7. The number of hydrogen-bond acceptors (Lipinski definition) is 2. The molecule has 0 unspecified atom stereocenters. The van der Waals surface area contributed by atoms with E-state index in [1.165, 1.54) is 6.42 Å². The summed E-state index contributed by atoms with van der Waals surface area (Å²) in [6, 6.07) is 0. The van der Waals surface area contributed by atoms with Gasteiger partial charge in [0.1, 0.15) is 0 Å². The topological polar surface area (TPSA) is 29.5 Å². The van der Waals surface area contributed by atoms with Crippen LogP contribution in [0.15, 0.2) is 12.7 Å². The second-order valence-corrected chi connectivity index (χ2v) is 7.04. The van der Waals surface area contributed by atoms with Crippen molar-refractivity contribution in [2.75, 3.05) is 0 Å². The number of aliphatic hydroxyl groups is 1. The first kappa shape index (κ1) is 10.1. The van der Waals surface area contributed by atoms with Gasteiger partial charge in [0.05, 0.1) is 17.8 Å². The molecule has 0 aromatic rings. The van der Waals surface area contributed by atoms with Crippen molar-refractivity contribution in [1.29, 1.82) is 0 Å². The van der Waals surface area contributed by atoms with Crippen molar-refractivity contribution in [2.24, 2.45) is 23.7 Å². The average molecular weight is 285 g/mol. The molecule has 1 saturated heterocycles. The summed E-state index contributed by atoms with van der Waals surface area (Å²) in [7, 11) is 0. The van der Waals surface area contributed by atoms with Crippen LogP contribution >= 0.6 is 15.9 Å². The quantitative estimate of drug-likeness (QED) is 0.590. The third-order valence-corrected chi connectivity index (χ3v) is 6.78. The summed E-state index contributed by atoms with van der Waals surface area (Å²) >= 11 is 3.80. The maximum absolute atomic E-state index is 10.7. The van der Waals surface area contributed by atoms with Crippen molar-refractivity contribution < 1.29 is 9.84 Å². The zero-order valence-electron chi connectivity index (χ0n) is 9.18. The first-order valence-electron chi connectivity index (χ1n) is 6.31. The van der Waals surface area contributed by atoms with Crippen LogP contribution in [-0.2, 0) is 4.74 Å². The van der Waals surface area contributed by atoms with E-state index in [0.29, 0.717) is 40.7 Å². The van der Waals surface area contributed by atoms with Gasteiger partial charge >= 0.3 is 0 Å². The minimum Gasteiger partial charge on any atom is -0.385 e. The predicted octanol–water partition coefficient (Wildman–Crippen LogP) is 2.11. The summed E-state index contributed by atoms with van der Waals surface area (Å²) in [6.07, 6.45) is 5.70. The molecule has 1 N–H and O–H groups in total. The molecular formula is C13H17BrO2. The Balaban J connectivity index is 1.82. The van der Waals surface area contributed by atoms with E-state index >= 15 is 0 Å². The molecule has 2 bridgehead atoms. The zero-order chi connectivity index (χ0) is 11.1. The Kier molecular flexibility index (Phi) is 1.85. The standard InChI is InChI=1S/C13H17BrO2/c1-2-13(15)4-3-8-9-6-5-7(10(9)13)11(14)12(6)16-8/h2,6-12,15H,1,3-5H2/t6-,7+,8+,9+,10+,11+,12+,13-/m0/s1. The summed E-state index contributed by atoms with van der Waals surface area (Å²) in [4.78, 5) is 0.452. The fraction of sp³-hybridized carbons (Fsp3) is 0.846. The molecule has 0 aromatic heterocycles. The summed E-state index contributed by atoms with van der Waals surface area (Å²) in [6.45, 7) is 3.86. The highest BCUT2D eigenvalue weighted by atomic mass is 79.9. The van der Waals surface area contributed by atoms with Gasteiger partial charge in [-0.2, -0.15) is 0 Å². The van der Waals surface area contributed by atoms with Crippen molar-refractivity contribution in [3.8, 4) is 0 Å². The van der Waals surface area contributed by atoms with E-state index in [0.717, 1.165) is 12.8 Å². The Morgan fingerprint density at radius 3 is 3.00 bits per heavy atom. The van der Waals surface area contributed by atoms with E-state index in [9.17, 15) is 5.11 Å². The largest absolute Gasteiger partial charge is 0.385 e. The lowest BCUT2D eigenvalue weighted by atomic mass is 9.63. The highest BCUT2D eigenvalue weighted by Crippen LogP contribution is 2.67. The van der Waals surface area contributed by atoms with Crippen LogP contribution in [0.2, 0.25) is 0 Å². The number of hydrogen-bond donors (Lipinski definition) is 1. The normalized spacial score (nSPS) is 66.2. The molecule has 4 rings (SSSR count). The maximum Gasteiger partial charge on any atom is 0.0860 e. The van der Waals surface area contributed by atoms with Gasteiger partial charge in [-0.3, -0.25) is 0 Å². The fourth-order valence-corrected chi connectivity index (χ4v) is 6.11. The molecule has 0 amide bonds. The lowest BCUT2D eigenvalue weighted by molar-refractivity contribution is -0.0701. The van der Waals surface area contributed by atoms with Crippen molar-refractivity contribution in [1.82, 2.24) is 0 Å². The molecule has 4 aliphatic rings. The van der Waals surface area contributed by atoms with Gasteiger partial charge in [0.15, 0.2) is 0 Å². The minimum absolute atomic E-state index is 0.386. The first-order chi connectivity index (χ1) is 7.65. The van der Waals surface area contributed by atoms with Crippen LogP contribution < -0.4 is 0 Å². The van der Waals surface area contributed by atoms with Gasteiger partial charge in [-0.05, 0) is 37.0 Å². The molecule has 8 atom stereocenters. The van der Waals surface area contributed by atoms with Crippen LogP contribution in [0, 0.1) is 23.7 Å². The predicted molar refractivity (Wildman–Crippen MR) is 64.3 cm³/mol. The zero-order valence-corrected chi connectivity index (χ0v) is 10.8. The third kappa shape index (κ3) is 0.934. The molecule has 2 nitrogen and oxygen atoms in total. The molecule has 0 spiro atoms. The van der Waals surface area contributed by atoms with Crippen molar-refractivity contribution in [3.05, 3.63) is 12.7 Å². The lowest BCUT2D eigenvalue weighted by Gasteiger charge is -2.45. The fourth-order valence-electron chi connectivity index (χ4n) is 5.05. The number of alkyl halides is 1. The van der Waals surface area contributed by atoms with Crippen LogP contribution in [0.1, 0.15) is 19.3 Å². The lowest BCUT2D eigenvalue weighted by Crippen LogP contribution is -2.51. The Bertz CT molecular complexity index is 358. The van der Waals surface area contributed by atoms with Gasteiger partial charge in [0.25, 0.3) is 0 Å². The Morgan fingerprint density at radius 1 is 1.44 bits per heavy atom. The van der Waals surface area contributed by atoms with Gasteiger partial charge in [-0.15, -0.1) is 6.58 Å². The average Bonchev–Trinajstić information content (AvgIpc) is 2.88. The summed E-state index contributed by atoms with van der Waals surface area (Å²) in [5.41, 5.74) is -0.634. The SMILES string of the molecule is C=C[C@]1(O)CC[C@H]2O[C@H]3[C@H](Br)[C@@H]4C[C@H]3[C@H]2[C@@H]41. The van der Waals surface area contributed by atoms with Crippen LogP contribution in [0.25, 0.3) is 0 Å². The van der Waals surface area contributed by atoms with Crippen LogP contribution in [0.4, 0.5) is 0 Å². The van der Waals surface area contributed by atoms with Gasteiger partial charge in [-0.25, -0.2) is 0 Å². The number of fused-ring (bicyclic) bond motifs is 2. The van der Waals surface area contributed by atoms with Crippen LogP contribution in [0.3, 0.4) is 0 Å². The van der Waals surface area contributed by atoms with Gasteiger partial charge < -0.3 is 9.84 Å². The Labute approximate surface area is 104 Å². The van der Waals surface area contributed by atoms with E-state index in [1.54, 1.807) is 6.08 Å². The van der Waals surface area contributed by atoms with Crippen molar-refractivity contribution in [2.45, 2.75) is 41.9 Å². The third-order valence-electron chi connectivity index (χ3n) is 5.58. The number of halogens is 1. The van der Waals surface area contributed by atoms with Crippen molar-refractivity contribution >= 4 is 15.9 Å². The smallest absolute Gasteiger partial charge is 0.0860 e. The van der Waals surface area contributed by atoms with E-state index in [1.807, 2.05) is 0 Å². The van der Waals surface area contributed by atoms with E-state index in [-0.39, 0.29) is 0 Å². The van der Waals surface area contributed by atoms with E-state index in [2.05, 4.69) is 22.5 Å². The molecule has 1 aliphatic heterocycles. The van der Waals surface area contributed by atoms with Crippen LogP contribution in [-0.4, -0.2) is 27.7 Å². The van der Waals surface area contributed by atoms with E-state index < -0.39 is 5.60 Å². The van der Waals surface area contributed by atoms with Gasteiger partial charge in [-0.1, -0.05) is 22.0 Å². The van der Waals surface area contributed by atoms with Gasteiger partial charge in [0.2, 0.25) is 0 Å². The Hall–Kier alpha value is 0.140. The molecule has 4 fully saturated rings. The Morgan fingerprint density at radius 2 is 2.25 bits per heavy atom. The second kappa shape index (κ2) is 2.93. The van der Waals surface area contributed by atoms with Crippen LogP contribution in [0.5, 0.6) is 0 Å². The molecule has 3 aliphatic carbocycles. The highest BCUT2D eigenvalue weighted by Gasteiger charge is 2.69. The summed E-state index contributed by atoms with van der Waals surface area (Å²) in [5, 5.41) is 10.7. The molecule has 88 valence electrons. The second-order valence-electron chi connectivity index (χ2n) is 5.98. The molecule has 3 heteroatoms. The molecular weight excluding hydrogens is 268 g/mol. The number of ether oxygens (including phenoxy) is 1. The summed E-state index contributed by atoms with van der Waals surface area (Å²) in [5.74, 6) is 2.27. The number of rotatable bonds is 1. The molecule has 0 radical (unpaired) electrons. The van der Waals surface area contributed by atoms with E-state index in [4.69, 9.17) is 4.74 Å². The highest BCUT2D eigenvalue weighted by molar-refractivity contribution is 9.09. The monoisotopic (exact) mass is 284 g/mol.